The quantitative estimate of drug-likeness (QED) is 0.205. The van der Waals surface area contributed by atoms with Crippen LogP contribution in [0.5, 0.6) is 0 Å². The third-order valence-electron chi connectivity index (χ3n) is 4.25. The molecule has 6 atom stereocenters. The summed E-state index contributed by atoms with van der Waals surface area (Å²) in [6, 6.07) is 0. The molecule has 9 N–H and O–H groups in total. The smallest absolute Gasteiger partial charge is 0.387 e. The number of alkyl halides is 1. The number of halogens is 1. The molecule has 0 saturated carbocycles. The fourth-order valence-electron chi connectivity index (χ4n) is 2.95. The van der Waals surface area contributed by atoms with Gasteiger partial charge in [0.15, 0.2) is 23.4 Å². The van der Waals surface area contributed by atoms with E-state index < -0.39 is 54.2 Å². The van der Waals surface area contributed by atoms with Crippen LogP contribution >= 0.6 is 23.5 Å². The first-order chi connectivity index (χ1) is 14.9. The highest BCUT2D eigenvalue weighted by molar-refractivity contribution is 7.66. The first-order valence-corrected chi connectivity index (χ1v) is 13.0. The third-order valence-corrected chi connectivity index (χ3v) is 8.06. The minimum atomic E-state index is -5.76. The number of nitrogens with zero attached hydrogens (tertiary/aromatic N) is 4. The zero-order chi connectivity index (χ0) is 25.0. The lowest BCUT2D eigenvalue weighted by Gasteiger charge is -2.24. The highest BCUT2D eigenvalue weighted by Crippen LogP contribution is 2.66. The van der Waals surface area contributed by atoms with Crippen LogP contribution in [0.2, 0.25) is 0 Å². The van der Waals surface area contributed by atoms with E-state index in [0.29, 0.717) is 0 Å². The van der Waals surface area contributed by atoms with E-state index in [1.54, 1.807) is 0 Å². The van der Waals surface area contributed by atoms with Crippen LogP contribution in [0.25, 0.3) is 11.2 Å². The Bertz CT molecular complexity index is 1200. The van der Waals surface area contributed by atoms with Crippen LogP contribution in [-0.4, -0.2) is 68.7 Å². The second-order valence-corrected chi connectivity index (χ2v) is 11.2. The van der Waals surface area contributed by atoms with Gasteiger partial charge in [-0.3, -0.25) is 9.09 Å². The molecule has 0 aliphatic carbocycles. The van der Waals surface area contributed by atoms with Crippen LogP contribution in [0.1, 0.15) is 13.2 Å². The Morgan fingerprint density at radius 2 is 1.82 bits per heavy atom. The minimum Gasteiger partial charge on any atom is -0.387 e. The van der Waals surface area contributed by atoms with Crippen LogP contribution in [0, 0.1) is 0 Å². The zero-order valence-corrected chi connectivity index (χ0v) is 19.0. The largest absolute Gasteiger partial charge is 0.490 e. The molecular formula is C11H18FN6O12P3. The predicted octanol–water partition coefficient (Wildman–Crippen LogP) is -0.680. The Morgan fingerprint density at radius 3 is 2.42 bits per heavy atom. The number of phosphoric acid groups is 3. The van der Waals surface area contributed by atoms with Gasteiger partial charge < -0.3 is 40.9 Å². The van der Waals surface area contributed by atoms with E-state index in [-0.39, 0.29) is 22.9 Å². The first-order valence-electron chi connectivity index (χ1n) is 8.48. The Balaban J connectivity index is 1.77. The molecule has 1 fully saturated rings. The summed E-state index contributed by atoms with van der Waals surface area (Å²) in [5.41, 5.74) is 8.67. The number of ether oxygens (including phenoxy) is 1. The number of phosphoric ester groups is 1. The maximum atomic E-state index is 15.3. The summed E-state index contributed by atoms with van der Waals surface area (Å²) >= 11 is 0. The lowest BCUT2D eigenvalue weighted by atomic mass is 9.98. The van der Waals surface area contributed by atoms with Crippen LogP contribution in [-0.2, 0) is 31.6 Å². The second-order valence-electron chi connectivity index (χ2n) is 6.80. The number of aliphatic hydroxyl groups excluding tert-OH is 1. The van der Waals surface area contributed by atoms with Crippen molar-refractivity contribution in [3.63, 3.8) is 0 Å². The molecule has 33 heavy (non-hydrogen) atoms. The van der Waals surface area contributed by atoms with E-state index >= 15 is 4.39 Å². The van der Waals surface area contributed by atoms with Gasteiger partial charge in [0.1, 0.15) is 17.7 Å². The van der Waals surface area contributed by atoms with Crippen LogP contribution < -0.4 is 11.5 Å². The van der Waals surface area contributed by atoms with Crippen LogP contribution in [0.4, 0.5) is 16.2 Å². The average Bonchev–Trinajstić information content (AvgIpc) is 3.10. The fraction of sp³-hybridized carbons (Fsp3) is 0.545. The summed E-state index contributed by atoms with van der Waals surface area (Å²) in [4.78, 5) is 47.2. The third kappa shape index (κ3) is 5.74. The molecule has 0 spiro atoms. The molecule has 3 heterocycles. The maximum Gasteiger partial charge on any atom is 0.490 e. The molecule has 0 bridgehead atoms. The molecule has 3 unspecified atom stereocenters. The Hall–Kier alpha value is -1.59. The molecule has 0 radical (unpaired) electrons. The van der Waals surface area contributed by atoms with Gasteiger partial charge in [-0.1, -0.05) is 0 Å². The summed E-state index contributed by atoms with van der Waals surface area (Å²) in [5, 5.41) is 10.3. The van der Waals surface area contributed by atoms with Crippen molar-refractivity contribution in [2.45, 2.75) is 31.0 Å². The van der Waals surface area contributed by atoms with Crippen molar-refractivity contribution < 1.29 is 60.6 Å². The summed E-state index contributed by atoms with van der Waals surface area (Å²) in [5.74, 6) is -0.371. The number of nitrogen functional groups attached to an aromatic ring is 2. The van der Waals surface area contributed by atoms with Gasteiger partial charge in [-0.2, -0.15) is 18.6 Å². The summed E-state index contributed by atoms with van der Waals surface area (Å²) < 4.78 is 67.2. The second kappa shape index (κ2) is 8.57. The molecule has 18 nitrogen and oxygen atoms in total. The van der Waals surface area contributed by atoms with Crippen molar-refractivity contribution in [2.24, 2.45) is 0 Å². The molecule has 2 aromatic rings. The van der Waals surface area contributed by atoms with Gasteiger partial charge in [0.05, 0.1) is 12.9 Å². The van der Waals surface area contributed by atoms with Gasteiger partial charge in [-0.05, 0) is 6.92 Å². The number of nitrogens with two attached hydrogens (primary N) is 2. The van der Waals surface area contributed by atoms with Gasteiger partial charge in [0, 0.05) is 0 Å². The number of imidazole rings is 1. The average molecular weight is 538 g/mol. The summed E-state index contributed by atoms with van der Waals surface area (Å²) in [7, 11) is -16.9. The standard InChI is InChI=1S/C11H18FN6O12P3/c1-11(12)6(19)4(2-27-32(23,24)30-33(25,26)29-31(20,21)22)28-9(11)18-3-15-5-7(13)16-10(14)17-8(5)18/h3-4,6,9,19H,2H2,1H3,(H,23,24)(H,25,26)(H2,20,21,22)(H4,13,14,16,17)/t4-,6?,9-,11-/m1/s1. The molecule has 186 valence electrons. The molecule has 1 aliphatic rings. The zero-order valence-electron chi connectivity index (χ0n) is 16.3. The van der Waals surface area contributed by atoms with Crippen molar-refractivity contribution in [2.75, 3.05) is 18.1 Å². The van der Waals surface area contributed by atoms with Crippen molar-refractivity contribution in [3.05, 3.63) is 6.33 Å². The topological polar surface area (TPSA) is 285 Å². The molecule has 2 aromatic heterocycles. The number of hydrogen-bond donors (Lipinski definition) is 7. The van der Waals surface area contributed by atoms with Crippen molar-refractivity contribution in [1.29, 1.82) is 0 Å². The molecule has 1 aliphatic heterocycles. The van der Waals surface area contributed by atoms with Gasteiger partial charge >= 0.3 is 23.5 Å². The minimum absolute atomic E-state index is 0.0467. The molecule has 3 rings (SSSR count). The van der Waals surface area contributed by atoms with E-state index in [9.17, 15) is 23.7 Å². The van der Waals surface area contributed by atoms with Gasteiger partial charge in [0.2, 0.25) is 5.95 Å². The van der Waals surface area contributed by atoms with E-state index in [1.807, 2.05) is 0 Å². The number of rotatable bonds is 8. The number of aliphatic hydroxyl groups is 1. The van der Waals surface area contributed by atoms with Gasteiger partial charge in [0.25, 0.3) is 0 Å². The van der Waals surface area contributed by atoms with Gasteiger partial charge in [-0.25, -0.2) is 23.1 Å². The van der Waals surface area contributed by atoms with E-state index in [2.05, 4.69) is 28.1 Å². The Labute approximate surface area is 182 Å². The maximum absolute atomic E-state index is 15.3. The van der Waals surface area contributed by atoms with Crippen LogP contribution in [0.15, 0.2) is 6.33 Å². The summed E-state index contributed by atoms with van der Waals surface area (Å²) in [6.07, 6.45) is -4.18. The molecule has 0 aromatic carbocycles. The monoisotopic (exact) mass is 538 g/mol. The number of fused-ring (bicyclic) bond motifs is 1. The Kier molecular flexibility index (Phi) is 6.76. The van der Waals surface area contributed by atoms with Gasteiger partial charge in [-0.15, -0.1) is 0 Å². The number of aromatic nitrogens is 4. The lowest BCUT2D eigenvalue weighted by Crippen LogP contribution is -2.40. The highest BCUT2D eigenvalue weighted by atomic mass is 31.3. The van der Waals surface area contributed by atoms with E-state index in [0.717, 1.165) is 17.8 Å². The van der Waals surface area contributed by atoms with Crippen LogP contribution in [0.3, 0.4) is 0 Å². The molecule has 1 saturated heterocycles. The molecule has 0 amide bonds. The normalized spacial score (nSPS) is 29.7. The van der Waals surface area contributed by atoms with E-state index in [1.165, 1.54) is 0 Å². The highest BCUT2D eigenvalue weighted by Gasteiger charge is 2.56. The predicted molar refractivity (Wildman–Crippen MR) is 103 cm³/mol. The molecule has 22 heteroatoms. The van der Waals surface area contributed by atoms with Crippen molar-refractivity contribution >= 4 is 46.4 Å². The van der Waals surface area contributed by atoms with E-state index in [4.69, 9.17) is 30.9 Å². The lowest BCUT2D eigenvalue weighted by molar-refractivity contribution is -0.0560. The molecular weight excluding hydrogens is 520 g/mol. The number of hydrogen-bond acceptors (Lipinski definition) is 13. The number of anilines is 2. The first kappa shape index (κ1) is 26.0. The fourth-order valence-corrected chi connectivity index (χ4v) is 5.98. The Morgan fingerprint density at radius 1 is 1.18 bits per heavy atom. The summed E-state index contributed by atoms with van der Waals surface area (Å²) in [6.45, 7) is -0.139. The van der Waals surface area contributed by atoms with Crippen molar-refractivity contribution in [3.8, 4) is 0 Å². The van der Waals surface area contributed by atoms with Crippen molar-refractivity contribution in [1.82, 2.24) is 19.5 Å². The SMILES string of the molecule is C[C@@]1(F)C(O)[C@@H](COP(=O)(O)OP(=O)(O)OP(=O)(O)O)O[C@H]1n1cnc2c(N)nc(N)nc21.